The van der Waals surface area contributed by atoms with Crippen LogP contribution in [-0.4, -0.2) is 37.2 Å². The van der Waals surface area contributed by atoms with Crippen LogP contribution in [0, 0.1) is 0 Å². The Labute approximate surface area is 115 Å². The zero-order valence-corrected chi connectivity index (χ0v) is 12.6. The predicted octanol–water partition coefficient (Wildman–Crippen LogP) is 2.18. The Balaban J connectivity index is 2.36. The van der Waals surface area contributed by atoms with Crippen LogP contribution in [0.4, 0.5) is 0 Å². The SMILES string of the molecule is CC(C)=CC1C(c2ccccc2)N1S(=O)(=O)N(C)C. The fourth-order valence-electron chi connectivity index (χ4n) is 2.21. The first-order chi connectivity index (χ1) is 8.85. The van der Waals surface area contributed by atoms with Crippen molar-refractivity contribution in [1.82, 2.24) is 8.61 Å². The first-order valence-corrected chi connectivity index (χ1v) is 7.66. The second-order valence-electron chi connectivity index (χ2n) is 5.21. The van der Waals surface area contributed by atoms with E-state index in [1.807, 2.05) is 50.3 Å². The molecule has 1 aliphatic heterocycles. The molecule has 3 unspecified atom stereocenters. The van der Waals surface area contributed by atoms with Crippen molar-refractivity contribution in [2.45, 2.75) is 25.9 Å². The minimum atomic E-state index is -3.37. The summed E-state index contributed by atoms with van der Waals surface area (Å²) in [7, 11) is -0.244. The number of allylic oxidation sites excluding steroid dienone is 1. The lowest BCUT2D eigenvalue weighted by Gasteiger charge is -2.12. The van der Waals surface area contributed by atoms with E-state index in [4.69, 9.17) is 0 Å². The predicted molar refractivity (Wildman–Crippen MR) is 76.8 cm³/mol. The molecule has 0 amide bonds. The Bertz CT molecular complexity index is 575. The Morgan fingerprint density at radius 3 is 2.26 bits per heavy atom. The van der Waals surface area contributed by atoms with E-state index < -0.39 is 10.2 Å². The van der Waals surface area contributed by atoms with Crippen LogP contribution in [0.3, 0.4) is 0 Å². The first-order valence-electron chi connectivity index (χ1n) is 6.26. The van der Waals surface area contributed by atoms with Crippen molar-refractivity contribution in [1.29, 1.82) is 0 Å². The highest BCUT2D eigenvalue weighted by Crippen LogP contribution is 2.47. The molecule has 0 bridgehead atoms. The molecule has 1 aromatic carbocycles. The average Bonchev–Trinajstić information content (AvgIpc) is 3.03. The molecule has 4 nitrogen and oxygen atoms in total. The third-order valence-electron chi connectivity index (χ3n) is 3.17. The minimum Gasteiger partial charge on any atom is -0.195 e. The van der Waals surface area contributed by atoms with Crippen LogP contribution in [0.15, 0.2) is 42.0 Å². The van der Waals surface area contributed by atoms with Gasteiger partial charge in [-0.3, -0.25) is 0 Å². The standard InChI is InChI=1S/C14H20N2O2S/c1-11(2)10-13-14(12-8-6-5-7-9-12)16(13)19(17,18)15(3)4/h5-10,13-14H,1-4H3. The lowest BCUT2D eigenvalue weighted by atomic mass is 10.1. The Morgan fingerprint density at radius 2 is 1.79 bits per heavy atom. The summed E-state index contributed by atoms with van der Waals surface area (Å²) in [6, 6.07) is 9.61. The Hall–Kier alpha value is -1.17. The van der Waals surface area contributed by atoms with Gasteiger partial charge in [0.05, 0.1) is 12.1 Å². The van der Waals surface area contributed by atoms with Gasteiger partial charge in [0, 0.05) is 14.1 Å². The lowest BCUT2D eigenvalue weighted by molar-refractivity contribution is 0.476. The van der Waals surface area contributed by atoms with E-state index in [0.717, 1.165) is 11.1 Å². The smallest absolute Gasteiger partial charge is 0.195 e. The molecule has 1 aliphatic rings. The highest BCUT2D eigenvalue weighted by atomic mass is 32.2. The van der Waals surface area contributed by atoms with Gasteiger partial charge in [0.2, 0.25) is 0 Å². The average molecular weight is 280 g/mol. The molecule has 1 aromatic rings. The van der Waals surface area contributed by atoms with Crippen LogP contribution in [-0.2, 0) is 10.2 Å². The largest absolute Gasteiger partial charge is 0.282 e. The Morgan fingerprint density at radius 1 is 1.21 bits per heavy atom. The van der Waals surface area contributed by atoms with Crippen molar-refractivity contribution >= 4 is 10.2 Å². The van der Waals surface area contributed by atoms with Crippen LogP contribution in [0.25, 0.3) is 0 Å². The summed E-state index contributed by atoms with van der Waals surface area (Å²) in [4.78, 5) is 0. The first kappa shape index (κ1) is 14.2. The van der Waals surface area contributed by atoms with Crippen LogP contribution in [0.5, 0.6) is 0 Å². The second-order valence-corrected chi connectivity index (χ2v) is 7.26. The maximum absolute atomic E-state index is 12.3. The molecule has 0 spiro atoms. The van der Waals surface area contributed by atoms with E-state index in [0.29, 0.717) is 0 Å². The van der Waals surface area contributed by atoms with E-state index in [1.165, 1.54) is 4.31 Å². The maximum Gasteiger partial charge on any atom is 0.282 e. The normalized spacial score (nSPS) is 26.3. The molecule has 5 heteroatoms. The molecule has 3 atom stereocenters. The van der Waals surface area contributed by atoms with E-state index >= 15 is 0 Å². The van der Waals surface area contributed by atoms with Gasteiger partial charge in [0.25, 0.3) is 10.2 Å². The van der Waals surface area contributed by atoms with Gasteiger partial charge in [-0.15, -0.1) is 0 Å². The van der Waals surface area contributed by atoms with Crippen molar-refractivity contribution in [2.24, 2.45) is 0 Å². The molecule has 1 fully saturated rings. The Kier molecular flexibility index (Phi) is 3.80. The highest BCUT2D eigenvalue weighted by molar-refractivity contribution is 7.87. The van der Waals surface area contributed by atoms with Crippen LogP contribution < -0.4 is 0 Å². The molecule has 0 N–H and O–H groups in total. The van der Waals surface area contributed by atoms with Crippen molar-refractivity contribution in [2.75, 3.05) is 14.1 Å². The topological polar surface area (TPSA) is 40.4 Å². The molecule has 1 saturated heterocycles. The van der Waals surface area contributed by atoms with Gasteiger partial charge in [-0.25, -0.2) is 0 Å². The van der Waals surface area contributed by atoms with Gasteiger partial charge >= 0.3 is 0 Å². The molecule has 1 heterocycles. The van der Waals surface area contributed by atoms with E-state index in [2.05, 4.69) is 0 Å². The molecular weight excluding hydrogens is 260 g/mol. The quantitative estimate of drug-likeness (QED) is 0.626. The molecule has 19 heavy (non-hydrogen) atoms. The van der Waals surface area contributed by atoms with E-state index in [-0.39, 0.29) is 12.1 Å². The van der Waals surface area contributed by atoms with Crippen LogP contribution in [0.2, 0.25) is 0 Å². The van der Waals surface area contributed by atoms with Crippen LogP contribution >= 0.6 is 0 Å². The summed E-state index contributed by atoms with van der Waals surface area (Å²) in [5, 5.41) is 0. The van der Waals surface area contributed by atoms with Gasteiger partial charge < -0.3 is 0 Å². The highest BCUT2D eigenvalue weighted by Gasteiger charge is 2.55. The summed E-state index contributed by atoms with van der Waals surface area (Å²) in [6.07, 6.45) is 2.01. The zero-order chi connectivity index (χ0) is 14.2. The zero-order valence-electron chi connectivity index (χ0n) is 11.7. The van der Waals surface area contributed by atoms with Crippen molar-refractivity contribution in [3.63, 3.8) is 0 Å². The third kappa shape index (κ3) is 2.73. The minimum absolute atomic E-state index is 0.0696. The van der Waals surface area contributed by atoms with E-state index in [1.54, 1.807) is 18.4 Å². The lowest BCUT2D eigenvalue weighted by Crippen LogP contribution is -2.29. The molecule has 0 aliphatic carbocycles. The number of hydrogen-bond acceptors (Lipinski definition) is 2. The number of benzene rings is 1. The molecule has 0 radical (unpaired) electrons. The fraction of sp³-hybridized carbons (Fsp3) is 0.429. The summed E-state index contributed by atoms with van der Waals surface area (Å²) in [5.41, 5.74) is 2.16. The summed E-state index contributed by atoms with van der Waals surface area (Å²) in [5.74, 6) is 0. The monoisotopic (exact) mass is 280 g/mol. The van der Waals surface area contributed by atoms with Crippen molar-refractivity contribution < 1.29 is 8.42 Å². The summed E-state index contributed by atoms with van der Waals surface area (Å²) in [6.45, 7) is 3.97. The molecular formula is C14H20N2O2S. The second kappa shape index (κ2) is 5.07. The molecule has 0 aromatic heterocycles. The van der Waals surface area contributed by atoms with E-state index in [9.17, 15) is 8.42 Å². The number of hydrogen-bond donors (Lipinski definition) is 0. The maximum atomic E-state index is 12.3. The van der Waals surface area contributed by atoms with Gasteiger partial charge in [-0.2, -0.15) is 17.0 Å². The molecule has 2 rings (SSSR count). The van der Waals surface area contributed by atoms with Crippen molar-refractivity contribution in [3.8, 4) is 0 Å². The van der Waals surface area contributed by atoms with Gasteiger partial charge in [-0.1, -0.05) is 42.0 Å². The van der Waals surface area contributed by atoms with Gasteiger partial charge in [-0.05, 0) is 19.4 Å². The molecule has 0 saturated carbocycles. The van der Waals surface area contributed by atoms with Crippen LogP contribution in [0.1, 0.15) is 25.5 Å². The van der Waals surface area contributed by atoms with Gasteiger partial charge in [0.1, 0.15) is 0 Å². The number of nitrogens with zero attached hydrogens (tertiary/aromatic N) is 2. The third-order valence-corrected chi connectivity index (χ3v) is 5.10. The fourth-order valence-corrected chi connectivity index (χ4v) is 3.55. The van der Waals surface area contributed by atoms with Gasteiger partial charge in [0.15, 0.2) is 0 Å². The number of rotatable bonds is 4. The molecule has 104 valence electrons. The summed E-state index contributed by atoms with van der Waals surface area (Å²) >= 11 is 0. The summed E-state index contributed by atoms with van der Waals surface area (Å²) < 4.78 is 27.4. The van der Waals surface area contributed by atoms with Crippen molar-refractivity contribution in [3.05, 3.63) is 47.5 Å².